The summed E-state index contributed by atoms with van der Waals surface area (Å²) in [6.07, 6.45) is 0. The Kier molecular flexibility index (Phi) is 2.87. The molecule has 2 heterocycles. The van der Waals surface area contributed by atoms with Gasteiger partial charge in [-0.1, -0.05) is 29.3 Å². The Morgan fingerprint density at radius 3 is 2.68 bits per heavy atom. The van der Waals surface area contributed by atoms with E-state index in [4.69, 9.17) is 11.6 Å². The quantitative estimate of drug-likeness (QED) is 0.812. The van der Waals surface area contributed by atoms with Crippen LogP contribution in [0.25, 0.3) is 0 Å². The first-order chi connectivity index (χ1) is 9.13. The van der Waals surface area contributed by atoms with Crippen LogP contribution in [0.3, 0.4) is 0 Å². The molecule has 0 fully saturated rings. The molecule has 4 nitrogen and oxygen atoms in total. The molecule has 0 spiro atoms. The van der Waals surface area contributed by atoms with Crippen molar-refractivity contribution in [2.45, 2.75) is 6.92 Å². The lowest BCUT2D eigenvalue weighted by atomic mass is 10.2. The summed E-state index contributed by atoms with van der Waals surface area (Å²) in [7, 11) is 0. The van der Waals surface area contributed by atoms with E-state index in [2.05, 4.69) is 10.3 Å². The first kappa shape index (κ1) is 12.0. The number of hydrogen-bond donors (Lipinski definition) is 1. The first-order valence-corrected chi connectivity index (χ1v) is 6.32. The summed E-state index contributed by atoms with van der Waals surface area (Å²) in [5.74, 6) is 0.619. The maximum Gasteiger partial charge on any atom is 0.244 e. The topological polar surface area (TPSA) is 45.2 Å². The Balaban J connectivity index is 2.09. The molecule has 19 heavy (non-hydrogen) atoms. The van der Waals surface area contributed by atoms with Crippen molar-refractivity contribution in [3.8, 4) is 0 Å². The molecule has 2 aromatic rings. The van der Waals surface area contributed by atoms with Gasteiger partial charge in [-0.3, -0.25) is 4.79 Å². The van der Waals surface area contributed by atoms with Gasteiger partial charge in [0.2, 0.25) is 5.91 Å². The number of nitrogens with zero attached hydrogens (tertiary/aromatic N) is 2. The minimum atomic E-state index is -0.0582. The highest BCUT2D eigenvalue weighted by Crippen LogP contribution is 2.34. The molecule has 0 saturated carbocycles. The van der Waals surface area contributed by atoms with Crippen LogP contribution in [0.15, 0.2) is 36.4 Å². The van der Waals surface area contributed by atoms with Crippen molar-refractivity contribution in [2.75, 3.05) is 16.8 Å². The summed E-state index contributed by atoms with van der Waals surface area (Å²) >= 11 is 5.94. The van der Waals surface area contributed by atoms with E-state index in [0.717, 1.165) is 5.69 Å². The average Bonchev–Trinajstić information content (AvgIpc) is 2.39. The van der Waals surface area contributed by atoms with E-state index in [0.29, 0.717) is 16.7 Å². The van der Waals surface area contributed by atoms with Crippen LogP contribution in [-0.2, 0) is 4.79 Å². The van der Waals surface area contributed by atoms with E-state index >= 15 is 0 Å². The molecule has 0 aliphatic carbocycles. The number of benzene rings is 1. The third kappa shape index (κ3) is 2.27. The Hall–Kier alpha value is -2.07. The number of pyridine rings is 1. The second-order valence-corrected chi connectivity index (χ2v) is 4.86. The number of aryl methyl sites for hydroxylation is 1. The molecule has 96 valence electrons. The van der Waals surface area contributed by atoms with Crippen LogP contribution in [-0.4, -0.2) is 17.4 Å². The Labute approximate surface area is 116 Å². The van der Waals surface area contributed by atoms with Gasteiger partial charge in [-0.2, -0.15) is 0 Å². The molecule has 5 heteroatoms. The van der Waals surface area contributed by atoms with Crippen molar-refractivity contribution in [3.63, 3.8) is 0 Å². The number of nitrogens with one attached hydrogen (secondary N) is 1. The lowest BCUT2D eigenvalue weighted by molar-refractivity contribution is -0.115. The molecule has 0 radical (unpaired) electrons. The Bertz CT molecular complexity index is 640. The third-order valence-corrected chi connectivity index (χ3v) is 3.23. The highest BCUT2D eigenvalue weighted by molar-refractivity contribution is 6.29. The van der Waals surface area contributed by atoms with Gasteiger partial charge < -0.3 is 10.2 Å². The molecule has 1 aliphatic heterocycles. The van der Waals surface area contributed by atoms with Gasteiger partial charge in [0.15, 0.2) is 5.82 Å². The molecule has 3 rings (SSSR count). The number of anilines is 3. The van der Waals surface area contributed by atoms with Gasteiger partial charge in [0.25, 0.3) is 0 Å². The molecule has 1 aromatic heterocycles. The van der Waals surface area contributed by atoms with E-state index in [1.807, 2.05) is 36.1 Å². The van der Waals surface area contributed by atoms with E-state index in [1.54, 1.807) is 12.1 Å². The summed E-state index contributed by atoms with van der Waals surface area (Å²) < 4.78 is 0. The van der Waals surface area contributed by atoms with Gasteiger partial charge in [0, 0.05) is 5.69 Å². The van der Waals surface area contributed by atoms with Crippen LogP contribution in [0.4, 0.5) is 17.2 Å². The van der Waals surface area contributed by atoms with E-state index < -0.39 is 0 Å². The first-order valence-electron chi connectivity index (χ1n) is 5.94. The number of carbonyl (C=O) groups excluding carboxylic acids is 1. The molecule has 1 aliphatic rings. The molecule has 1 amide bonds. The molecule has 0 unspecified atom stereocenters. The zero-order valence-corrected chi connectivity index (χ0v) is 11.1. The maximum atomic E-state index is 11.7. The fourth-order valence-electron chi connectivity index (χ4n) is 2.08. The van der Waals surface area contributed by atoms with Gasteiger partial charge in [-0.15, -0.1) is 0 Å². The van der Waals surface area contributed by atoms with Crippen LogP contribution in [0.2, 0.25) is 5.15 Å². The number of amides is 1. The van der Waals surface area contributed by atoms with Crippen molar-refractivity contribution in [2.24, 2.45) is 0 Å². The number of fused-ring (bicyclic) bond motifs is 1. The number of hydrogen-bond acceptors (Lipinski definition) is 3. The highest BCUT2D eigenvalue weighted by atomic mass is 35.5. The lowest BCUT2D eigenvalue weighted by Crippen LogP contribution is -2.35. The largest absolute Gasteiger partial charge is 0.321 e. The predicted octanol–water partition coefficient (Wildman–Crippen LogP) is 3.13. The summed E-state index contributed by atoms with van der Waals surface area (Å²) in [6, 6.07) is 11.4. The molecule has 1 N–H and O–H groups in total. The Morgan fingerprint density at radius 2 is 1.95 bits per heavy atom. The fourth-order valence-corrected chi connectivity index (χ4v) is 2.22. The molecular formula is C14H12ClN3O. The number of halogens is 1. The average molecular weight is 274 g/mol. The van der Waals surface area contributed by atoms with Crippen LogP contribution >= 0.6 is 11.6 Å². The maximum absolute atomic E-state index is 11.7. The van der Waals surface area contributed by atoms with Crippen molar-refractivity contribution in [1.29, 1.82) is 0 Å². The van der Waals surface area contributed by atoms with Gasteiger partial charge >= 0.3 is 0 Å². The minimum absolute atomic E-state index is 0.0582. The normalized spacial score (nSPS) is 14.0. The lowest BCUT2D eigenvalue weighted by Gasteiger charge is -2.29. The third-order valence-electron chi connectivity index (χ3n) is 3.02. The van der Waals surface area contributed by atoms with Crippen LogP contribution in [0.5, 0.6) is 0 Å². The zero-order chi connectivity index (χ0) is 13.4. The zero-order valence-electron chi connectivity index (χ0n) is 10.4. The SMILES string of the molecule is Cc1ccc(N2CC(=O)Nc3ccc(Cl)nc32)cc1. The summed E-state index contributed by atoms with van der Waals surface area (Å²) in [4.78, 5) is 17.9. The number of aromatic nitrogens is 1. The molecule has 0 saturated heterocycles. The summed E-state index contributed by atoms with van der Waals surface area (Å²) in [6.45, 7) is 2.26. The van der Waals surface area contributed by atoms with Gasteiger partial charge in [0.05, 0.1) is 5.69 Å². The Morgan fingerprint density at radius 1 is 1.21 bits per heavy atom. The minimum Gasteiger partial charge on any atom is -0.321 e. The second-order valence-electron chi connectivity index (χ2n) is 4.48. The van der Waals surface area contributed by atoms with E-state index in [9.17, 15) is 4.79 Å². The summed E-state index contributed by atoms with van der Waals surface area (Å²) in [5, 5.41) is 3.21. The number of rotatable bonds is 1. The van der Waals surface area contributed by atoms with Crippen LogP contribution in [0, 0.1) is 6.92 Å². The molecule has 0 bridgehead atoms. The van der Waals surface area contributed by atoms with Crippen LogP contribution < -0.4 is 10.2 Å². The molecular weight excluding hydrogens is 262 g/mol. The smallest absolute Gasteiger partial charge is 0.244 e. The van der Waals surface area contributed by atoms with E-state index in [-0.39, 0.29) is 12.5 Å². The van der Waals surface area contributed by atoms with Crippen molar-refractivity contribution in [3.05, 3.63) is 47.1 Å². The predicted molar refractivity (Wildman–Crippen MR) is 76.1 cm³/mol. The van der Waals surface area contributed by atoms with Crippen LogP contribution in [0.1, 0.15) is 5.56 Å². The van der Waals surface area contributed by atoms with Crippen molar-refractivity contribution < 1.29 is 4.79 Å². The highest BCUT2D eigenvalue weighted by Gasteiger charge is 2.24. The van der Waals surface area contributed by atoms with Gasteiger partial charge in [0.1, 0.15) is 11.7 Å². The van der Waals surface area contributed by atoms with E-state index in [1.165, 1.54) is 5.56 Å². The molecule has 1 aromatic carbocycles. The van der Waals surface area contributed by atoms with Crippen molar-refractivity contribution >= 4 is 34.7 Å². The summed E-state index contributed by atoms with van der Waals surface area (Å²) in [5.41, 5.74) is 2.78. The van der Waals surface area contributed by atoms with Gasteiger partial charge in [-0.25, -0.2) is 4.98 Å². The standard InChI is InChI=1S/C14H12ClN3O/c1-9-2-4-10(5-3-9)18-8-13(19)16-11-6-7-12(15)17-14(11)18/h2-7H,8H2,1H3,(H,16,19). The second kappa shape index (κ2) is 4.55. The van der Waals surface area contributed by atoms with Gasteiger partial charge in [-0.05, 0) is 31.2 Å². The molecule has 0 atom stereocenters. The number of carbonyl (C=O) groups is 1. The van der Waals surface area contributed by atoms with Crippen molar-refractivity contribution in [1.82, 2.24) is 4.98 Å². The fraction of sp³-hybridized carbons (Fsp3) is 0.143. The monoisotopic (exact) mass is 273 g/mol.